The summed E-state index contributed by atoms with van der Waals surface area (Å²) in [6.45, 7) is 2.79. The molecule has 1 heterocycles. The molecule has 5 nitrogen and oxygen atoms in total. The zero-order valence-corrected chi connectivity index (χ0v) is 20.6. The Morgan fingerprint density at radius 3 is 2.55 bits per heavy atom. The van der Waals surface area contributed by atoms with Crippen molar-refractivity contribution in [3.8, 4) is 0 Å². The Kier molecular flexibility index (Phi) is 9.53. The van der Waals surface area contributed by atoms with Crippen LogP contribution in [0.25, 0.3) is 0 Å². The number of likely N-dealkylation sites (tertiary alicyclic amines) is 1. The quantitative estimate of drug-likeness (QED) is 0.340. The number of benzene rings is 1. The number of carbonyl (C=O) groups excluding carboxylic acids is 1. The van der Waals surface area contributed by atoms with Gasteiger partial charge in [-0.1, -0.05) is 36.6 Å². The number of carbonyl (C=O) groups is 1. The van der Waals surface area contributed by atoms with Gasteiger partial charge in [0, 0.05) is 50.6 Å². The highest BCUT2D eigenvalue weighted by atomic mass is 127. The fraction of sp³-hybridized carbons (Fsp3) is 0.636. The van der Waals surface area contributed by atoms with Crippen LogP contribution in [-0.4, -0.2) is 50.5 Å². The number of hydrogen-bond donors (Lipinski definition) is 2. The topological polar surface area (TPSA) is 56.7 Å². The smallest absolute Gasteiger partial charge is 0.220 e. The monoisotopic (exact) mass is 532 g/mol. The molecule has 3 rings (SSSR count). The summed E-state index contributed by atoms with van der Waals surface area (Å²) < 4.78 is 0. The summed E-state index contributed by atoms with van der Waals surface area (Å²) in [7, 11) is 3.57. The minimum Gasteiger partial charge on any atom is -0.359 e. The number of rotatable bonds is 5. The fourth-order valence-corrected chi connectivity index (χ4v) is 4.92. The maximum Gasteiger partial charge on any atom is 0.220 e. The molecule has 0 radical (unpaired) electrons. The lowest BCUT2D eigenvalue weighted by molar-refractivity contribution is -0.121. The molecule has 7 heteroatoms. The first-order chi connectivity index (χ1) is 13.6. The SMILES string of the molecule is CN=C(NCC1(c2cccc(Cl)c2)CCCC1)N1CCC(CC(=O)NC)CC1.I. The molecule has 29 heavy (non-hydrogen) atoms. The van der Waals surface area contributed by atoms with Gasteiger partial charge in [-0.2, -0.15) is 0 Å². The van der Waals surface area contributed by atoms with Gasteiger partial charge >= 0.3 is 0 Å². The van der Waals surface area contributed by atoms with Crippen molar-refractivity contribution in [1.29, 1.82) is 0 Å². The van der Waals surface area contributed by atoms with Crippen molar-refractivity contribution >= 4 is 47.4 Å². The molecule has 0 unspecified atom stereocenters. The first-order valence-corrected chi connectivity index (χ1v) is 10.9. The standard InChI is InChI=1S/C22H33ClN4O.HI/c1-24-20(28)14-17-8-12-27(13-9-17)21(25-2)26-16-22(10-3-4-11-22)18-6-5-7-19(23)15-18;/h5-7,15,17H,3-4,8-14,16H2,1-2H3,(H,24,28)(H,25,26);1H. The van der Waals surface area contributed by atoms with Crippen LogP contribution in [0.4, 0.5) is 0 Å². The van der Waals surface area contributed by atoms with Gasteiger partial charge < -0.3 is 15.5 Å². The summed E-state index contributed by atoms with van der Waals surface area (Å²) in [5, 5.41) is 7.21. The molecule has 2 aliphatic rings. The molecule has 162 valence electrons. The van der Waals surface area contributed by atoms with Gasteiger partial charge in [0.2, 0.25) is 5.91 Å². The normalized spacial score (nSPS) is 19.6. The molecule has 1 amide bonds. The van der Waals surface area contributed by atoms with Crippen LogP contribution in [0.5, 0.6) is 0 Å². The highest BCUT2D eigenvalue weighted by molar-refractivity contribution is 14.0. The third-order valence-corrected chi connectivity index (χ3v) is 6.70. The number of nitrogens with one attached hydrogen (secondary N) is 2. The summed E-state index contributed by atoms with van der Waals surface area (Å²) in [6.07, 6.45) is 7.60. The van der Waals surface area contributed by atoms with Gasteiger partial charge in [-0.15, -0.1) is 24.0 Å². The Bertz CT molecular complexity index is 698. The molecule has 1 aliphatic heterocycles. The molecule has 0 spiro atoms. The lowest BCUT2D eigenvalue weighted by Crippen LogP contribution is -2.49. The largest absolute Gasteiger partial charge is 0.359 e. The number of hydrogen-bond acceptors (Lipinski definition) is 2. The molecule has 0 bridgehead atoms. The minimum atomic E-state index is 0. The number of halogens is 2. The van der Waals surface area contributed by atoms with Crippen LogP contribution >= 0.6 is 35.6 Å². The van der Waals surface area contributed by atoms with Crippen molar-refractivity contribution in [2.24, 2.45) is 10.9 Å². The molecule has 1 saturated heterocycles. The van der Waals surface area contributed by atoms with E-state index in [0.29, 0.717) is 12.3 Å². The molecule has 1 aliphatic carbocycles. The van der Waals surface area contributed by atoms with Crippen molar-refractivity contribution in [2.45, 2.75) is 50.4 Å². The third-order valence-electron chi connectivity index (χ3n) is 6.46. The Balaban J connectivity index is 0.00000300. The zero-order chi connectivity index (χ0) is 20.0. The minimum absolute atomic E-state index is 0. The van der Waals surface area contributed by atoms with Crippen LogP contribution < -0.4 is 10.6 Å². The van der Waals surface area contributed by atoms with E-state index in [4.69, 9.17) is 11.6 Å². The number of nitrogens with zero attached hydrogens (tertiary/aromatic N) is 2. The van der Waals surface area contributed by atoms with Gasteiger partial charge in [0.05, 0.1) is 0 Å². The number of guanidine groups is 1. The van der Waals surface area contributed by atoms with Crippen LogP contribution in [0, 0.1) is 5.92 Å². The van der Waals surface area contributed by atoms with Gasteiger partial charge in [0.1, 0.15) is 0 Å². The molecule has 0 atom stereocenters. The van der Waals surface area contributed by atoms with Gasteiger partial charge in [-0.25, -0.2) is 0 Å². The Morgan fingerprint density at radius 2 is 1.97 bits per heavy atom. The van der Waals surface area contributed by atoms with E-state index in [-0.39, 0.29) is 35.3 Å². The van der Waals surface area contributed by atoms with E-state index in [0.717, 1.165) is 43.5 Å². The van der Waals surface area contributed by atoms with E-state index in [1.54, 1.807) is 7.05 Å². The van der Waals surface area contributed by atoms with Crippen molar-refractivity contribution in [3.05, 3.63) is 34.9 Å². The number of piperidine rings is 1. The van der Waals surface area contributed by atoms with Crippen molar-refractivity contribution in [1.82, 2.24) is 15.5 Å². The second-order valence-corrected chi connectivity index (χ2v) is 8.64. The van der Waals surface area contributed by atoms with Crippen LogP contribution in [0.1, 0.15) is 50.5 Å². The molecule has 0 aromatic heterocycles. The van der Waals surface area contributed by atoms with E-state index >= 15 is 0 Å². The van der Waals surface area contributed by atoms with E-state index in [1.807, 2.05) is 13.1 Å². The summed E-state index contributed by atoms with van der Waals surface area (Å²) in [4.78, 5) is 18.5. The molecular weight excluding hydrogens is 499 g/mol. The molecular formula is C22H34ClIN4O. The number of amides is 1. The zero-order valence-electron chi connectivity index (χ0n) is 17.5. The second kappa shape index (κ2) is 11.4. The maximum atomic E-state index is 11.6. The van der Waals surface area contributed by atoms with E-state index < -0.39 is 0 Å². The van der Waals surface area contributed by atoms with E-state index in [9.17, 15) is 4.79 Å². The highest BCUT2D eigenvalue weighted by Crippen LogP contribution is 2.41. The highest BCUT2D eigenvalue weighted by Gasteiger charge is 2.36. The van der Waals surface area contributed by atoms with Crippen LogP contribution in [0.15, 0.2) is 29.3 Å². The summed E-state index contributed by atoms with van der Waals surface area (Å²) in [5.74, 6) is 1.60. The van der Waals surface area contributed by atoms with Crippen LogP contribution in [0.3, 0.4) is 0 Å². The predicted octanol–water partition coefficient (Wildman–Crippen LogP) is 4.19. The summed E-state index contributed by atoms with van der Waals surface area (Å²) in [5.41, 5.74) is 1.47. The summed E-state index contributed by atoms with van der Waals surface area (Å²) in [6, 6.07) is 8.35. The average Bonchev–Trinajstić information content (AvgIpc) is 3.20. The van der Waals surface area contributed by atoms with E-state index in [2.05, 4.69) is 38.7 Å². The molecule has 1 aromatic rings. The maximum absolute atomic E-state index is 11.6. The first kappa shape index (κ1) is 24.3. The van der Waals surface area contributed by atoms with Crippen LogP contribution in [-0.2, 0) is 10.2 Å². The molecule has 1 saturated carbocycles. The Hall–Kier alpha value is -1.02. The van der Waals surface area contributed by atoms with Crippen molar-refractivity contribution in [2.75, 3.05) is 33.7 Å². The molecule has 1 aromatic carbocycles. The molecule has 2 N–H and O–H groups in total. The van der Waals surface area contributed by atoms with Crippen molar-refractivity contribution < 1.29 is 4.79 Å². The Morgan fingerprint density at radius 1 is 1.28 bits per heavy atom. The third kappa shape index (κ3) is 6.23. The lowest BCUT2D eigenvalue weighted by atomic mass is 9.79. The molecule has 2 fully saturated rings. The van der Waals surface area contributed by atoms with Crippen LogP contribution in [0.2, 0.25) is 5.02 Å². The van der Waals surface area contributed by atoms with Gasteiger partial charge in [-0.05, 0) is 49.3 Å². The van der Waals surface area contributed by atoms with Gasteiger partial charge in [0.15, 0.2) is 5.96 Å². The number of aliphatic imine (C=N–C) groups is 1. The average molecular weight is 533 g/mol. The van der Waals surface area contributed by atoms with Gasteiger partial charge in [0.25, 0.3) is 0 Å². The van der Waals surface area contributed by atoms with E-state index in [1.165, 1.54) is 31.2 Å². The van der Waals surface area contributed by atoms with Crippen molar-refractivity contribution in [3.63, 3.8) is 0 Å². The Labute approximate surface area is 197 Å². The second-order valence-electron chi connectivity index (χ2n) is 8.21. The first-order valence-electron chi connectivity index (χ1n) is 10.5. The van der Waals surface area contributed by atoms with Gasteiger partial charge in [-0.3, -0.25) is 9.79 Å². The predicted molar refractivity (Wildman–Crippen MR) is 131 cm³/mol. The fourth-order valence-electron chi connectivity index (χ4n) is 4.73. The lowest BCUT2D eigenvalue weighted by Gasteiger charge is -2.36. The summed E-state index contributed by atoms with van der Waals surface area (Å²) >= 11 is 6.28.